The molecule has 128 valence electrons. The number of amides is 1. The molecule has 2 rings (SSSR count). The molecule has 4 heteroatoms. The number of likely N-dealkylation sites (tertiary alicyclic amines) is 1. The first-order valence-corrected chi connectivity index (χ1v) is 9.17. The second-order valence-corrected chi connectivity index (χ2v) is 7.73. The van der Waals surface area contributed by atoms with E-state index in [0.717, 1.165) is 45.3 Å². The minimum atomic E-state index is -1.20. The van der Waals surface area contributed by atoms with Gasteiger partial charge in [-0.1, -0.05) is 33.1 Å². The third-order valence-electron chi connectivity index (χ3n) is 5.33. The molecule has 1 aliphatic heterocycles. The highest BCUT2D eigenvalue weighted by Gasteiger charge is 2.35. The lowest BCUT2D eigenvalue weighted by molar-refractivity contribution is -0.126. The SMILES string of the molecule is CC(C)CCN1CCC(F)(CNC(=O)C2CCCCC2)CC1. The second kappa shape index (κ2) is 8.28. The molecule has 2 aliphatic rings. The van der Waals surface area contributed by atoms with Gasteiger partial charge in [-0.25, -0.2) is 4.39 Å². The van der Waals surface area contributed by atoms with Gasteiger partial charge in [-0.05, 0) is 44.6 Å². The zero-order valence-corrected chi connectivity index (χ0v) is 14.4. The molecule has 0 unspecified atom stereocenters. The Morgan fingerprint density at radius 3 is 2.45 bits per heavy atom. The molecule has 0 radical (unpaired) electrons. The Kier molecular flexibility index (Phi) is 6.66. The minimum Gasteiger partial charge on any atom is -0.353 e. The first-order valence-electron chi connectivity index (χ1n) is 9.17. The summed E-state index contributed by atoms with van der Waals surface area (Å²) >= 11 is 0. The molecule has 0 atom stereocenters. The van der Waals surface area contributed by atoms with Crippen LogP contribution in [0.4, 0.5) is 4.39 Å². The Morgan fingerprint density at radius 2 is 1.86 bits per heavy atom. The zero-order chi connectivity index (χ0) is 16.0. The number of rotatable bonds is 6. The Hall–Kier alpha value is -0.640. The van der Waals surface area contributed by atoms with Crippen molar-refractivity contribution in [2.75, 3.05) is 26.2 Å². The topological polar surface area (TPSA) is 32.3 Å². The number of hydrogen-bond donors (Lipinski definition) is 1. The van der Waals surface area contributed by atoms with Crippen molar-refractivity contribution < 1.29 is 9.18 Å². The summed E-state index contributed by atoms with van der Waals surface area (Å²) in [5.74, 6) is 0.911. The van der Waals surface area contributed by atoms with E-state index in [-0.39, 0.29) is 18.4 Å². The molecule has 1 N–H and O–H groups in total. The van der Waals surface area contributed by atoms with Crippen molar-refractivity contribution in [2.45, 2.75) is 70.9 Å². The van der Waals surface area contributed by atoms with Gasteiger partial charge in [0.05, 0.1) is 6.54 Å². The second-order valence-electron chi connectivity index (χ2n) is 7.73. The summed E-state index contributed by atoms with van der Waals surface area (Å²) in [6.07, 6.45) is 7.77. The van der Waals surface area contributed by atoms with Crippen molar-refractivity contribution in [1.82, 2.24) is 10.2 Å². The fraction of sp³-hybridized carbons (Fsp3) is 0.944. The lowest BCUT2D eigenvalue weighted by Crippen LogP contribution is -2.49. The van der Waals surface area contributed by atoms with Gasteiger partial charge in [0.1, 0.15) is 5.67 Å². The average Bonchev–Trinajstić information content (AvgIpc) is 2.53. The predicted molar refractivity (Wildman–Crippen MR) is 88.6 cm³/mol. The molecule has 2 fully saturated rings. The van der Waals surface area contributed by atoms with E-state index in [1.807, 2.05) is 0 Å². The third kappa shape index (κ3) is 5.53. The molecule has 22 heavy (non-hydrogen) atoms. The summed E-state index contributed by atoms with van der Waals surface area (Å²) in [7, 11) is 0. The van der Waals surface area contributed by atoms with Gasteiger partial charge < -0.3 is 10.2 Å². The highest BCUT2D eigenvalue weighted by Crippen LogP contribution is 2.27. The van der Waals surface area contributed by atoms with E-state index in [1.54, 1.807) is 0 Å². The van der Waals surface area contributed by atoms with E-state index in [1.165, 1.54) is 12.8 Å². The van der Waals surface area contributed by atoms with Crippen LogP contribution in [0.25, 0.3) is 0 Å². The predicted octanol–water partition coefficient (Wildman–Crippen LogP) is 3.53. The highest BCUT2D eigenvalue weighted by atomic mass is 19.1. The Labute approximate surface area is 135 Å². The molecule has 1 amide bonds. The molecule has 3 nitrogen and oxygen atoms in total. The van der Waals surface area contributed by atoms with E-state index >= 15 is 0 Å². The van der Waals surface area contributed by atoms with Crippen LogP contribution in [0, 0.1) is 11.8 Å². The molecule has 0 aromatic rings. The Bertz CT molecular complexity index is 345. The number of carbonyl (C=O) groups is 1. The van der Waals surface area contributed by atoms with Crippen molar-refractivity contribution in [2.24, 2.45) is 11.8 Å². The minimum absolute atomic E-state index is 0.0824. The van der Waals surface area contributed by atoms with E-state index in [9.17, 15) is 9.18 Å². The van der Waals surface area contributed by atoms with Crippen molar-refractivity contribution >= 4 is 5.91 Å². The number of nitrogens with one attached hydrogen (secondary N) is 1. The maximum atomic E-state index is 14.8. The van der Waals surface area contributed by atoms with Crippen LogP contribution in [-0.2, 0) is 4.79 Å². The number of carbonyl (C=O) groups excluding carboxylic acids is 1. The summed E-state index contributed by atoms with van der Waals surface area (Å²) in [4.78, 5) is 14.5. The summed E-state index contributed by atoms with van der Waals surface area (Å²) < 4.78 is 14.8. The molecule has 1 saturated heterocycles. The van der Waals surface area contributed by atoms with Crippen molar-refractivity contribution in [3.05, 3.63) is 0 Å². The average molecular weight is 312 g/mol. The van der Waals surface area contributed by atoms with E-state index in [2.05, 4.69) is 24.1 Å². The number of piperidine rings is 1. The summed E-state index contributed by atoms with van der Waals surface area (Å²) in [6, 6.07) is 0. The van der Waals surface area contributed by atoms with Gasteiger partial charge in [0, 0.05) is 19.0 Å². The van der Waals surface area contributed by atoms with Crippen LogP contribution >= 0.6 is 0 Å². The number of halogens is 1. The van der Waals surface area contributed by atoms with Gasteiger partial charge in [0.2, 0.25) is 5.91 Å². The van der Waals surface area contributed by atoms with Gasteiger partial charge in [-0.2, -0.15) is 0 Å². The molecule has 1 aliphatic carbocycles. The molecular weight excluding hydrogens is 279 g/mol. The molecule has 0 aromatic heterocycles. The largest absolute Gasteiger partial charge is 0.353 e. The summed E-state index contributed by atoms with van der Waals surface area (Å²) in [5, 5.41) is 2.90. The van der Waals surface area contributed by atoms with E-state index < -0.39 is 5.67 Å². The lowest BCUT2D eigenvalue weighted by Gasteiger charge is -2.37. The molecule has 1 heterocycles. The highest BCUT2D eigenvalue weighted by molar-refractivity contribution is 5.78. The molecule has 0 aromatic carbocycles. The van der Waals surface area contributed by atoms with Crippen molar-refractivity contribution in [3.63, 3.8) is 0 Å². The molecule has 0 bridgehead atoms. The maximum absolute atomic E-state index is 14.8. The summed E-state index contributed by atoms with van der Waals surface area (Å²) in [5.41, 5.74) is -1.20. The van der Waals surface area contributed by atoms with Crippen LogP contribution in [0.1, 0.15) is 65.2 Å². The summed E-state index contributed by atoms with van der Waals surface area (Å²) in [6.45, 7) is 7.38. The Morgan fingerprint density at radius 1 is 1.23 bits per heavy atom. The van der Waals surface area contributed by atoms with Crippen LogP contribution in [0.15, 0.2) is 0 Å². The number of nitrogens with zero attached hydrogens (tertiary/aromatic N) is 1. The zero-order valence-electron chi connectivity index (χ0n) is 14.4. The van der Waals surface area contributed by atoms with Crippen LogP contribution in [0.5, 0.6) is 0 Å². The monoisotopic (exact) mass is 312 g/mol. The van der Waals surface area contributed by atoms with Crippen LogP contribution in [-0.4, -0.2) is 42.7 Å². The van der Waals surface area contributed by atoms with Gasteiger partial charge in [0.25, 0.3) is 0 Å². The molecular formula is C18H33FN2O. The fourth-order valence-electron chi connectivity index (χ4n) is 3.55. The smallest absolute Gasteiger partial charge is 0.223 e. The Balaban J connectivity index is 1.68. The van der Waals surface area contributed by atoms with Gasteiger partial charge in [-0.3, -0.25) is 4.79 Å². The van der Waals surface area contributed by atoms with E-state index in [0.29, 0.717) is 18.8 Å². The van der Waals surface area contributed by atoms with Crippen LogP contribution in [0.2, 0.25) is 0 Å². The normalized spacial score (nSPS) is 23.6. The number of hydrogen-bond acceptors (Lipinski definition) is 2. The molecule has 1 saturated carbocycles. The van der Waals surface area contributed by atoms with Gasteiger partial charge >= 0.3 is 0 Å². The van der Waals surface area contributed by atoms with Crippen LogP contribution < -0.4 is 5.32 Å². The van der Waals surface area contributed by atoms with Crippen LogP contribution in [0.3, 0.4) is 0 Å². The molecule has 0 spiro atoms. The first-order chi connectivity index (χ1) is 10.5. The first kappa shape index (κ1) is 17.7. The van der Waals surface area contributed by atoms with E-state index in [4.69, 9.17) is 0 Å². The quantitative estimate of drug-likeness (QED) is 0.813. The van der Waals surface area contributed by atoms with Crippen molar-refractivity contribution in [1.29, 1.82) is 0 Å². The maximum Gasteiger partial charge on any atom is 0.223 e. The van der Waals surface area contributed by atoms with Gasteiger partial charge in [0.15, 0.2) is 0 Å². The van der Waals surface area contributed by atoms with Gasteiger partial charge in [-0.15, -0.1) is 0 Å². The number of alkyl halides is 1. The third-order valence-corrected chi connectivity index (χ3v) is 5.33. The fourth-order valence-corrected chi connectivity index (χ4v) is 3.55. The standard InChI is InChI=1S/C18H33FN2O/c1-15(2)8-11-21-12-9-18(19,10-13-21)14-20-17(22)16-6-4-3-5-7-16/h15-16H,3-14H2,1-2H3,(H,20,22). The lowest BCUT2D eigenvalue weighted by atomic mass is 9.88. The van der Waals surface area contributed by atoms with Crippen molar-refractivity contribution in [3.8, 4) is 0 Å².